The summed E-state index contributed by atoms with van der Waals surface area (Å²) in [6.07, 6.45) is 3.37. The number of hydrogen-bond donors (Lipinski definition) is 0. The van der Waals surface area contributed by atoms with Crippen LogP contribution in [-0.4, -0.2) is 22.6 Å². The number of benzene rings is 1. The molecule has 0 amide bonds. The third-order valence-corrected chi connectivity index (χ3v) is 7.41. The fraction of sp³-hybridized carbons (Fsp3) is 0.455. The number of aromatic nitrogens is 1. The van der Waals surface area contributed by atoms with Crippen molar-refractivity contribution in [1.82, 2.24) is 9.47 Å². The average Bonchev–Trinajstić information content (AvgIpc) is 3.12. The molecule has 2 nitrogen and oxygen atoms in total. The zero-order chi connectivity index (χ0) is 18.4. The molecule has 1 aliphatic rings. The normalized spacial score (nSPS) is 20.7. The van der Waals surface area contributed by atoms with Crippen molar-refractivity contribution in [1.29, 1.82) is 0 Å². The Balaban J connectivity index is 1.66. The van der Waals surface area contributed by atoms with Gasteiger partial charge in [-0.2, -0.15) is 0 Å². The molecule has 2 unspecified atom stereocenters. The Hall–Kier alpha value is -1.29. The van der Waals surface area contributed by atoms with Crippen LogP contribution in [0.15, 0.2) is 29.6 Å². The lowest BCUT2D eigenvalue weighted by Gasteiger charge is -2.37. The summed E-state index contributed by atoms with van der Waals surface area (Å²) in [6.45, 7) is 8.06. The van der Waals surface area contributed by atoms with Gasteiger partial charge in [0.1, 0.15) is 4.83 Å². The van der Waals surface area contributed by atoms with Gasteiger partial charge in [0, 0.05) is 41.2 Å². The molecule has 0 N–H and O–H groups in total. The number of halogens is 1. The summed E-state index contributed by atoms with van der Waals surface area (Å²) < 4.78 is 2.62. The number of thiophene rings is 1. The molecule has 1 aliphatic heterocycles. The molecule has 2 atom stereocenters. The van der Waals surface area contributed by atoms with Gasteiger partial charge in [-0.15, -0.1) is 11.3 Å². The highest BCUT2D eigenvalue weighted by molar-refractivity contribution is 7.17. The number of fused-ring (bicyclic) bond motifs is 3. The van der Waals surface area contributed by atoms with Crippen LogP contribution in [0.1, 0.15) is 48.7 Å². The van der Waals surface area contributed by atoms with E-state index >= 15 is 0 Å². The van der Waals surface area contributed by atoms with Crippen LogP contribution >= 0.6 is 22.9 Å². The Morgan fingerprint density at radius 1 is 1.27 bits per heavy atom. The lowest BCUT2D eigenvalue weighted by molar-refractivity contribution is 0.177. The van der Waals surface area contributed by atoms with Gasteiger partial charge in [0.05, 0.1) is 0 Å². The summed E-state index contributed by atoms with van der Waals surface area (Å²) in [4.78, 5) is 3.99. The van der Waals surface area contributed by atoms with E-state index in [-0.39, 0.29) is 0 Å². The fourth-order valence-electron chi connectivity index (χ4n) is 4.42. The second kappa shape index (κ2) is 7.03. The molecule has 0 bridgehead atoms. The van der Waals surface area contributed by atoms with E-state index in [1.807, 2.05) is 17.4 Å². The minimum Gasteiger partial charge on any atom is -0.336 e. The van der Waals surface area contributed by atoms with E-state index in [9.17, 15) is 0 Å². The summed E-state index contributed by atoms with van der Waals surface area (Å²) in [6, 6.07) is 9.35. The van der Waals surface area contributed by atoms with Crippen molar-refractivity contribution in [3.05, 3.63) is 57.1 Å². The van der Waals surface area contributed by atoms with Crippen LogP contribution in [0.4, 0.5) is 0 Å². The Labute approximate surface area is 165 Å². The summed E-state index contributed by atoms with van der Waals surface area (Å²) in [5, 5.41) is 4.67. The number of likely N-dealkylation sites (N-methyl/N-ethyl adjacent to an activating group) is 1. The SMILES string of the molecule is Cc1csc2c1c1c(n2CCCc2cccc(Cl)c2)CC(C)N(C)C1C. The maximum atomic E-state index is 6.14. The van der Waals surface area contributed by atoms with Gasteiger partial charge >= 0.3 is 0 Å². The summed E-state index contributed by atoms with van der Waals surface area (Å²) in [5.41, 5.74) is 5.91. The smallest absolute Gasteiger partial charge is 0.103 e. The monoisotopic (exact) mass is 386 g/mol. The van der Waals surface area contributed by atoms with E-state index in [2.05, 4.69) is 60.9 Å². The van der Waals surface area contributed by atoms with Crippen LogP contribution in [0, 0.1) is 6.92 Å². The van der Waals surface area contributed by atoms with Gasteiger partial charge in [-0.1, -0.05) is 23.7 Å². The second-order valence-corrected chi connectivity index (χ2v) is 9.03. The number of rotatable bonds is 4. The Bertz CT molecular complexity index is 939. The first-order valence-electron chi connectivity index (χ1n) is 9.52. The van der Waals surface area contributed by atoms with Gasteiger partial charge in [0.15, 0.2) is 0 Å². The number of hydrogen-bond acceptors (Lipinski definition) is 2. The van der Waals surface area contributed by atoms with E-state index in [0.29, 0.717) is 12.1 Å². The summed E-state index contributed by atoms with van der Waals surface area (Å²) in [5.74, 6) is 0. The number of aryl methyl sites for hydroxylation is 3. The molecular weight excluding hydrogens is 360 g/mol. The molecule has 0 aliphatic carbocycles. The molecule has 0 spiro atoms. The quantitative estimate of drug-likeness (QED) is 0.515. The second-order valence-electron chi connectivity index (χ2n) is 7.74. The molecule has 3 heterocycles. The highest BCUT2D eigenvalue weighted by atomic mass is 35.5. The van der Waals surface area contributed by atoms with Crippen molar-refractivity contribution < 1.29 is 0 Å². The maximum absolute atomic E-state index is 6.14. The van der Waals surface area contributed by atoms with E-state index in [1.54, 1.807) is 11.3 Å². The minimum absolute atomic E-state index is 0.485. The van der Waals surface area contributed by atoms with Crippen LogP contribution in [-0.2, 0) is 19.4 Å². The first-order chi connectivity index (χ1) is 12.5. The highest BCUT2D eigenvalue weighted by Gasteiger charge is 2.32. The standard InChI is InChI=1S/C22H27ClN2S/c1-14-13-26-22-20(14)21-16(3)24(4)15(2)11-19(21)25(22)10-6-8-17-7-5-9-18(23)12-17/h5,7,9,12-13,15-16H,6,8,10-11H2,1-4H3. The Kier molecular flexibility index (Phi) is 4.89. The third kappa shape index (κ3) is 3.00. The zero-order valence-corrected chi connectivity index (χ0v) is 17.6. The molecule has 4 rings (SSSR count). The van der Waals surface area contributed by atoms with E-state index in [0.717, 1.165) is 30.8 Å². The fourth-order valence-corrected chi connectivity index (χ4v) is 5.76. The zero-order valence-electron chi connectivity index (χ0n) is 16.1. The molecule has 4 heteroatoms. The van der Waals surface area contributed by atoms with Crippen molar-refractivity contribution in [3.63, 3.8) is 0 Å². The topological polar surface area (TPSA) is 8.17 Å². The largest absolute Gasteiger partial charge is 0.336 e. The lowest BCUT2D eigenvalue weighted by atomic mass is 9.93. The molecule has 0 fully saturated rings. The molecule has 3 aromatic rings. The lowest BCUT2D eigenvalue weighted by Crippen LogP contribution is -2.38. The average molecular weight is 387 g/mol. The summed E-state index contributed by atoms with van der Waals surface area (Å²) >= 11 is 8.05. The van der Waals surface area contributed by atoms with E-state index < -0.39 is 0 Å². The molecule has 0 saturated heterocycles. The highest BCUT2D eigenvalue weighted by Crippen LogP contribution is 2.42. The van der Waals surface area contributed by atoms with Crippen molar-refractivity contribution in [2.75, 3.05) is 7.05 Å². The van der Waals surface area contributed by atoms with Crippen molar-refractivity contribution in [3.8, 4) is 0 Å². The van der Waals surface area contributed by atoms with E-state index in [4.69, 9.17) is 11.6 Å². The van der Waals surface area contributed by atoms with Crippen LogP contribution < -0.4 is 0 Å². The molecule has 26 heavy (non-hydrogen) atoms. The third-order valence-electron chi connectivity index (χ3n) is 6.06. The van der Waals surface area contributed by atoms with Crippen molar-refractivity contribution in [2.45, 2.75) is 58.7 Å². The Morgan fingerprint density at radius 3 is 2.85 bits per heavy atom. The van der Waals surface area contributed by atoms with Crippen LogP contribution in [0.3, 0.4) is 0 Å². The first-order valence-corrected chi connectivity index (χ1v) is 10.8. The predicted molar refractivity (Wildman–Crippen MR) is 114 cm³/mol. The maximum Gasteiger partial charge on any atom is 0.103 e. The van der Waals surface area contributed by atoms with E-state index in [1.165, 1.54) is 21.3 Å². The predicted octanol–water partition coefficient (Wildman–Crippen LogP) is 6.23. The van der Waals surface area contributed by atoms with Gasteiger partial charge < -0.3 is 4.57 Å². The van der Waals surface area contributed by atoms with Gasteiger partial charge in [0.2, 0.25) is 0 Å². The molecule has 2 aromatic heterocycles. The van der Waals surface area contributed by atoms with Crippen LogP contribution in [0.5, 0.6) is 0 Å². The van der Waals surface area contributed by atoms with Crippen molar-refractivity contribution in [2.24, 2.45) is 0 Å². The van der Waals surface area contributed by atoms with Gasteiger partial charge in [-0.3, -0.25) is 4.90 Å². The van der Waals surface area contributed by atoms with Gasteiger partial charge in [-0.05, 0) is 74.9 Å². The first kappa shape index (κ1) is 18.1. The van der Waals surface area contributed by atoms with Crippen LogP contribution in [0.25, 0.3) is 10.2 Å². The summed E-state index contributed by atoms with van der Waals surface area (Å²) in [7, 11) is 2.27. The molecular formula is C22H27ClN2S. The molecule has 0 saturated carbocycles. The van der Waals surface area contributed by atoms with Gasteiger partial charge in [-0.25, -0.2) is 0 Å². The van der Waals surface area contributed by atoms with Gasteiger partial charge in [0.25, 0.3) is 0 Å². The molecule has 1 aromatic carbocycles. The Morgan fingerprint density at radius 2 is 2.08 bits per heavy atom. The number of nitrogens with zero attached hydrogens (tertiary/aromatic N) is 2. The molecule has 0 radical (unpaired) electrons. The van der Waals surface area contributed by atoms with Crippen molar-refractivity contribution >= 4 is 33.2 Å². The minimum atomic E-state index is 0.485. The molecule has 138 valence electrons. The van der Waals surface area contributed by atoms with Crippen LogP contribution in [0.2, 0.25) is 5.02 Å².